The molecule has 2 unspecified atom stereocenters. The Kier molecular flexibility index (Phi) is 5.73. The quantitative estimate of drug-likeness (QED) is 0.669. The van der Waals surface area contributed by atoms with Crippen LogP contribution in [-0.2, 0) is 14.3 Å². The van der Waals surface area contributed by atoms with Crippen molar-refractivity contribution in [2.75, 3.05) is 27.2 Å². The van der Waals surface area contributed by atoms with Gasteiger partial charge < -0.3 is 19.5 Å². The van der Waals surface area contributed by atoms with Crippen molar-refractivity contribution < 1.29 is 19.4 Å². The van der Waals surface area contributed by atoms with Gasteiger partial charge in [0.2, 0.25) is 0 Å². The van der Waals surface area contributed by atoms with Crippen molar-refractivity contribution in [1.29, 1.82) is 0 Å². The van der Waals surface area contributed by atoms with Gasteiger partial charge in [-0.1, -0.05) is 0 Å². The summed E-state index contributed by atoms with van der Waals surface area (Å²) < 4.78 is 10.2. The first-order chi connectivity index (χ1) is 7.58. The Morgan fingerprint density at radius 1 is 1.50 bits per heavy atom. The second-order valence-electron chi connectivity index (χ2n) is 4.38. The van der Waals surface area contributed by atoms with E-state index in [0.717, 1.165) is 19.4 Å². The van der Waals surface area contributed by atoms with E-state index in [2.05, 4.69) is 0 Å². The lowest BCUT2D eigenvalue weighted by atomic mass is 10.2. The molecule has 0 radical (unpaired) electrons. The molecule has 1 aliphatic heterocycles. The number of esters is 1. The highest BCUT2D eigenvalue weighted by Crippen LogP contribution is 2.17. The lowest BCUT2D eigenvalue weighted by molar-refractivity contribution is -0.152. The molecule has 1 aliphatic rings. The van der Waals surface area contributed by atoms with E-state index in [0.29, 0.717) is 12.8 Å². The Balaban J connectivity index is 2.02. The SMILES string of the molecule is CN(C)CCCC(=O)OCC1CCC(O)O1. The number of hydrogen-bond acceptors (Lipinski definition) is 5. The molecule has 0 aliphatic carbocycles. The molecule has 0 amide bonds. The number of carbonyl (C=O) groups is 1. The fraction of sp³-hybridized carbons (Fsp3) is 0.909. The van der Waals surface area contributed by atoms with E-state index >= 15 is 0 Å². The minimum atomic E-state index is -0.683. The van der Waals surface area contributed by atoms with Crippen LogP contribution in [0.2, 0.25) is 0 Å². The average molecular weight is 231 g/mol. The monoisotopic (exact) mass is 231 g/mol. The highest BCUT2D eigenvalue weighted by Gasteiger charge is 2.24. The van der Waals surface area contributed by atoms with Crippen LogP contribution in [0.1, 0.15) is 25.7 Å². The zero-order chi connectivity index (χ0) is 12.0. The van der Waals surface area contributed by atoms with Gasteiger partial charge in [0, 0.05) is 12.8 Å². The average Bonchev–Trinajstić information content (AvgIpc) is 2.61. The predicted molar refractivity (Wildman–Crippen MR) is 58.9 cm³/mol. The van der Waals surface area contributed by atoms with Crippen LogP contribution in [0, 0.1) is 0 Å². The van der Waals surface area contributed by atoms with Gasteiger partial charge in [-0.05, 0) is 33.5 Å². The largest absolute Gasteiger partial charge is 0.463 e. The van der Waals surface area contributed by atoms with Crippen LogP contribution in [0.25, 0.3) is 0 Å². The Morgan fingerprint density at radius 3 is 2.81 bits per heavy atom. The highest BCUT2D eigenvalue weighted by molar-refractivity contribution is 5.69. The Morgan fingerprint density at radius 2 is 2.25 bits per heavy atom. The van der Waals surface area contributed by atoms with Crippen molar-refractivity contribution in [2.24, 2.45) is 0 Å². The summed E-state index contributed by atoms with van der Waals surface area (Å²) in [6.45, 7) is 1.14. The third kappa shape index (κ3) is 5.44. The minimum Gasteiger partial charge on any atom is -0.463 e. The molecule has 1 N–H and O–H groups in total. The van der Waals surface area contributed by atoms with Gasteiger partial charge in [-0.2, -0.15) is 0 Å². The molecule has 16 heavy (non-hydrogen) atoms. The second kappa shape index (κ2) is 6.83. The zero-order valence-electron chi connectivity index (χ0n) is 10.0. The van der Waals surface area contributed by atoms with Gasteiger partial charge in [0.05, 0.1) is 6.10 Å². The second-order valence-corrected chi connectivity index (χ2v) is 4.38. The molecule has 0 spiro atoms. The Bertz CT molecular complexity index is 220. The first-order valence-electron chi connectivity index (χ1n) is 5.72. The molecular formula is C11H21NO4. The van der Waals surface area contributed by atoms with E-state index in [1.165, 1.54) is 0 Å². The van der Waals surface area contributed by atoms with E-state index in [1.807, 2.05) is 19.0 Å². The van der Waals surface area contributed by atoms with Gasteiger partial charge in [0.15, 0.2) is 6.29 Å². The molecule has 5 nitrogen and oxygen atoms in total. The summed E-state index contributed by atoms with van der Waals surface area (Å²) in [6.07, 6.45) is 1.81. The van der Waals surface area contributed by atoms with E-state index in [1.54, 1.807) is 0 Å². The molecule has 94 valence electrons. The lowest BCUT2D eigenvalue weighted by Gasteiger charge is -2.12. The van der Waals surface area contributed by atoms with Gasteiger partial charge in [0.25, 0.3) is 0 Å². The number of hydrogen-bond donors (Lipinski definition) is 1. The maximum Gasteiger partial charge on any atom is 0.305 e. The normalized spacial score (nSPS) is 25.0. The molecule has 1 saturated heterocycles. The molecule has 0 aromatic carbocycles. The van der Waals surface area contributed by atoms with Crippen LogP contribution >= 0.6 is 0 Å². The van der Waals surface area contributed by atoms with Gasteiger partial charge in [-0.3, -0.25) is 4.79 Å². The van der Waals surface area contributed by atoms with Crippen LogP contribution in [0.5, 0.6) is 0 Å². The maximum absolute atomic E-state index is 11.3. The first kappa shape index (κ1) is 13.4. The van der Waals surface area contributed by atoms with E-state index in [4.69, 9.17) is 14.6 Å². The van der Waals surface area contributed by atoms with Gasteiger partial charge in [-0.25, -0.2) is 0 Å². The molecule has 1 fully saturated rings. The van der Waals surface area contributed by atoms with Gasteiger partial charge in [0.1, 0.15) is 6.61 Å². The summed E-state index contributed by atoms with van der Waals surface area (Å²) in [5.41, 5.74) is 0. The summed E-state index contributed by atoms with van der Waals surface area (Å²) in [5, 5.41) is 9.10. The molecule has 2 atom stereocenters. The van der Waals surface area contributed by atoms with Crippen molar-refractivity contribution in [1.82, 2.24) is 4.90 Å². The summed E-state index contributed by atoms with van der Waals surface area (Å²) in [6, 6.07) is 0. The van der Waals surface area contributed by atoms with E-state index in [9.17, 15) is 4.79 Å². The minimum absolute atomic E-state index is 0.132. The van der Waals surface area contributed by atoms with Crippen molar-refractivity contribution >= 4 is 5.97 Å². The van der Waals surface area contributed by atoms with Crippen LogP contribution < -0.4 is 0 Å². The third-order valence-electron chi connectivity index (χ3n) is 2.50. The molecule has 0 aromatic heterocycles. The van der Waals surface area contributed by atoms with Gasteiger partial charge in [-0.15, -0.1) is 0 Å². The first-order valence-corrected chi connectivity index (χ1v) is 5.72. The Labute approximate surface area is 96.3 Å². The summed E-state index contributed by atoms with van der Waals surface area (Å²) in [7, 11) is 3.94. The fourth-order valence-electron chi connectivity index (χ4n) is 1.61. The number of aliphatic hydroxyl groups is 1. The van der Waals surface area contributed by atoms with Crippen LogP contribution in [0.15, 0.2) is 0 Å². The highest BCUT2D eigenvalue weighted by atomic mass is 16.6. The predicted octanol–water partition coefficient (Wildman–Crippen LogP) is 0.369. The third-order valence-corrected chi connectivity index (χ3v) is 2.50. The molecule has 1 rings (SSSR count). The van der Waals surface area contributed by atoms with Gasteiger partial charge >= 0.3 is 5.97 Å². The number of ether oxygens (including phenoxy) is 2. The number of rotatable bonds is 6. The molecular weight excluding hydrogens is 210 g/mol. The number of nitrogens with zero attached hydrogens (tertiary/aromatic N) is 1. The van der Waals surface area contributed by atoms with Crippen LogP contribution in [0.3, 0.4) is 0 Å². The van der Waals surface area contributed by atoms with Crippen LogP contribution in [0.4, 0.5) is 0 Å². The molecule has 5 heteroatoms. The number of carbonyl (C=O) groups excluding carboxylic acids is 1. The molecule has 0 aromatic rings. The summed E-state index contributed by atoms with van der Waals surface area (Å²) in [5.74, 6) is -0.188. The van der Waals surface area contributed by atoms with Crippen molar-refractivity contribution in [3.63, 3.8) is 0 Å². The summed E-state index contributed by atoms with van der Waals surface area (Å²) >= 11 is 0. The number of aliphatic hydroxyl groups excluding tert-OH is 1. The van der Waals surface area contributed by atoms with E-state index in [-0.39, 0.29) is 18.7 Å². The van der Waals surface area contributed by atoms with Crippen molar-refractivity contribution in [3.8, 4) is 0 Å². The lowest BCUT2D eigenvalue weighted by Crippen LogP contribution is -2.20. The smallest absolute Gasteiger partial charge is 0.305 e. The Hall–Kier alpha value is -0.650. The summed E-state index contributed by atoms with van der Waals surface area (Å²) in [4.78, 5) is 13.3. The zero-order valence-corrected chi connectivity index (χ0v) is 10.0. The molecule has 1 heterocycles. The van der Waals surface area contributed by atoms with E-state index < -0.39 is 6.29 Å². The standard InChI is InChI=1S/C11H21NO4/c1-12(2)7-3-4-10(13)15-8-9-5-6-11(14)16-9/h9,11,14H,3-8H2,1-2H3. The molecule has 0 saturated carbocycles. The van der Waals surface area contributed by atoms with Crippen LogP contribution in [-0.4, -0.2) is 55.6 Å². The fourth-order valence-corrected chi connectivity index (χ4v) is 1.61. The molecule has 0 bridgehead atoms. The van der Waals surface area contributed by atoms with Crippen molar-refractivity contribution in [2.45, 2.75) is 38.1 Å². The maximum atomic E-state index is 11.3. The van der Waals surface area contributed by atoms with Crippen molar-refractivity contribution in [3.05, 3.63) is 0 Å². The topological polar surface area (TPSA) is 59.0 Å².